The molecule has 2 N–H and O–H groups in total. The van der Waals surface area contributed by atoms with Crippen molar-refractivity contribution in [2.45, 2.75) is 33.2 Å². The van der Waals surface area contributed by atoms with Crippen LogP contribution in [0.2, 0.25) is 0 Å². The van der Waals surface area contributed by atoms with Crippen molar-refractivity contribution in [3.63, 3.8) is 0 Å². The van der Waals surface area contributed by atoms with Gasteiger partial charge < -0.3 is 10.6 Å². The van der Waals surface area contributed by atoms with Gasteiger partial charge in [0.15, 0.2) is 0 Å². The lowest BCUT2D eigenvalue weighted by Crippen LogP contribution is -2.56. The van der Waals surface area contributed by atoms with Crippen LogP contribution in [-0.2, 0) is 4.79 Å². The van der Waals surface area contributed by atoms with Crippen LogP contribution in [0.5, 0.6) is 0 Å². The van der Waals surface area contributed by atoms with E-state index in [9.17, 15) is 4.79 Å². The minimum absolute atomic E-state index is 0.00582. The summed E-state index contributed by atoms with van der Waals surface area (Å²) in [6, 6.07) is -0.00582. The van der Waals surface area contributed by atoms with Gasteiger partial charge in [-0.05, 0) is 18.9 Å². The number of hydrogen-bond donors (Lipinski definition) is 2. The molecule has 1 saturated heterocycles. The lowest BCUT2D eigenvalue weighted by atomic mass is 9.92. The van der Waals surface area contributed by atoms with Crippen LogP contribution in [0.15, 0.2) is 0 Å². The zero-order chi connectivity index (χ0) is 12.2. The van der Waals surface area contributed by atoms with Gasteiger partial charge in [-0.1, -0.05) is 20.8 Å². The number of piperazine rings is 1. The zero-order valence-electron chi connectivity index (χ0n) is 11.0. The summed E-state index contributed by atoms with van der Waals surface area (Å²) in [6.45, 7) is 10.0. The molecule has 0 aromatic heterocycles. The third-order valence-corrected chi connectivity index (χ3v) is 2.99. The Labute approximate surface area is 98.8 Å². The molecule has 1 rings (SSSR count). The first-order chi connectivity index (χ1) is 7.40. The summed E-state index contributed by atoms with van der Waals surface area (Å²) in [5.74, 6) is 0.152. The molecule has 94 valence electrons. The molecule has 1 atom stereocenters. The van der Waals surface area contributed by atoms with Crippen molar-refractivity contribution < 1.29 is 4.79 Å². The van der Waals surface area contributed by atoms with Gasteiger partial charge in [-0.3, -0.25) is 9.69 Å². The van der Waals surface area contributed by atoms with Gasteiger partial charge in [-0.2, -0.15) is 0 Å². The number of carbonyl (C=O) groups is 1. The third kappa shape index (κ3) is 4.49. The average Bonchev–Trinajstić information content (AvgIpc) is 2.16. The lowest BCUT2D eigenvalue weighted by molar-refractivity contribution is -0.126. The number of carbonyl (C=O) groups excluding carboxylic acids is 1. The van der Waals surface area contributed by atoms with E-state index in [1.165, 1.54) is 0 Å². The van der Waals surface area contributed by atoms with Crippen molar-refractivity contribution in [1.82, 2.24) is 15.5 Å². The molecule has 0 saturated carbocycles. The lowest BCUT2D eigenvalue weighted by Gasteiger charge is -2.32. The molecule has 0 spiro atoms. The summed E-state index contributed by atoms with van der Waals surface area (Å²) in [7, 11) is 2.01. The maximum absolute atomic E-state index is 11.9. The highest BCUT2D eigenvalue weighted by molar-refractivity contribution is 5.82. The first-order valence-electron chi connectivity index (χ1n) is 6.09. The van der Waals surface area contributed by atoms with Gasteiger partial charge in [0.2, 0.25) is 5.91 Å². The fraction of sp³-hybridized carbons (Fsp3) is 0.917. The SMILES string of the molecule is CN1CCNCC1C(=O)NCCC(C)(C)C. The van der Waals surface area contributed by atoms with Gasteiger partial charge in [-0.25, -0.2) is 0 Å². The molecule has 0 aromatic rings. The molecule has 0 aromatic carbocycles. The van der Waals surface area contributed by atoms with Gasteiger partial charge in [0.05, 0.1) is 0 Å². The summed E-state index contributed by atoms with van der Waals surface area (Å²) >= 11 is 0. The van der Waals surface area contributed by atoms with Crippen LogP contribution in [0.25, 0.3) is 0 Å². The first kappa shape index (κ1) is 13.5. The molecule has 0 aliphatic carbocycles. The minimum Gasteiger partial charge on any atom is -0.355 e. The number of likely N-dealkylation sites (N-methyl/N-ethyl adjacent to an activating group) is 1. The first-order valence-corrected chi connectivity index (χ1v) is 6.09. The van der Waals surface area contributed by atoms with E-state index in [0.717, 1.165) is 32.6 Å². The normalized spacial score (nSPS) is 23.1. The van der Waals surface area contributed by atoms with Crippen molar-refractivity contribution in [3.8, 4) is 0 Å². The molecule has 0 bridgehead atoms. The van der Waals surface area contributed by atoms with Crippen LogP contribution in [-0.4, -0.2) is 50.1 Å². The summed E-state index contributed by atoms with van der Waals surface area (Å²) < 4.78 is 0. The quantitative estimate of drug-likeness (QED) is 0.735. The second-order valence-electron chi connectivity index (χ2n) is 5.80. The molecular formula is C12H25N3O. The molecule has 4 nitrogen and oxygen atoms in total. The molecule has 1 fully saturated rings. The fourth-order valence-electron chi connectivity index (χ4n) is 1.78. The second kappa shape index (κ2) is 5.64. The summed E-state index contributed by atoms with van der Waals surface area (Å²) in [4.78, 5) is 14.0. The Morgan fingerprint density at radius 1 is 1.50 bits per heavy atom. The van der Waals surface area contributed by atoms with Crippen LogP contribution >= 0.6 is 0 Å². The van der Waals surface area contributed by atoms with E-state index in [0.29, 0.717) is 0 Å². The maximum atomic E-state index is 11.9. The predicted octanol–water partition coefficient (Wildman–Crippen LogP) is 0.442. The van der Waals surface area contributed by atoms with Crippen LogP contribution in [0.4, 0.5) is 0 Å². The van der Waals surface area contributed by atoms with Crippen molar-refractivity contribution in [2.75, 3.05) is 33.2 Å². The second-order valence-corrected chi connectivity index (χ2v) is 5.80. The number of hydrogen-bond acceptors (Lipinski definition) is 3. The fourth-order valence-corrected chi connectivity index (χ4v) is 1.78. The molecule has 1 amide bonds. The molecule has 1 unspecified atom stereocenters. The van der Waals surface area contributed by atoms with E-state index >= 15 is 0 Å². The van der Waals surface area contributed by atoms with Gasteiger partial charge in [0.1, 0.15) is 6.04 Å². The zero-order valence-corrected chi connectivity index (χ0v) is 11.0. The average molecular weight is 227 g/mol. The van der Waals surface area contributed by atoms with Gasteiger partial charge in [0.25, 0.3) is 0 Å². The van der Waals surface area contributed by atoms with Crippen molar-refractivity contribution in [1.29, 1.82) is 0 Å². The Kier molecular flexibility index (Phi) is 4.74. The standard InChI is InChI=1S/C12H25N3O/c1-12(2,3)5-6-14-11(16)10-9-13-7-8-15(10)4/h10,13H,5-9H2,1-4H3,(H,14,16). The molecular weight excluding hydrogens is 202 g/mol. The van der Waals surface area contributed by atoms with Crippen molar-refractivity contribution in [3.05, 3.63) is 0 Å². The summed E-state index contributed by atoms with van der Waals surface area (Å²) in [5, 5.41) is 6.27. The molecule has 4 heteroatoms. The smallest absolute Gasteiger partial charge is 0.238 e. The monoisotopic (exact) mass is 227 g/mol. The Morgan fingerprint density at radius 3 is 2.75 bits per heavy atom. The highest BCUT2D eigenvalue weighted by Crippen LogP contribution is 2.16. The van der Waals surface area contributed by atoms with Crippen molar-refractivity contribution in [2.24, 2.45) is 5.41 Å². The minimum atomic E-state index is -0.00582. The van der Waals surface area contributed by atoms with E-state index in [2.05, 4.69) is 36.3 Å². The highest BCUT2D eigenvalue weighted by atomic mass is 16.2. The predicted molar refractivity (Wildman–Crippen MR) is 66.4 cm³/mol. The molecule has 0 radical (unpaired) electrons. The van der Waals surface area contributed by atoms with Crippen LogP contribution in [0, 0.1) is 5.41 Å². The topological polar surface area (TPSA) is 44.4 Å². The van der Waals surface area contributed by atoms with Crippen LogP contribution in [0.3, 0.4) is 0 Å². The number of rotatable bonds is 3. The van der Waals surface area contributed by atoms with Gasteiger partial charge >= 0.3 is 0 Å². The van der Waals surface area contributed by atoms with E-state index in [4.69, 9.17) is 0 Å². The number of amides is 1. The van der Waals surface area contributed by atoms with Crippen LogP contribution < -0.4 is 10.6 Å². The highest BCUT2D eigenvalue weighted by Gasteiger charge is 2.25. The van der Waals surface area contributed by atoms with Gasteiger partial charge in [0, 0.05) is 26.2 Å². The van der Waals surface area contributed by atoms with Crippen LogP contribution in [0.1, 0.15) is 27.2 Å². The summed E-state index contributed by atoms with van der Waals surface area (Å²) in [5.41, 5.74) is 0.282. The molecule has 16 heavy (non-hydrogen) atoms. The van der Waals surface area contributed by atoms with E-state index in [1.807, 2.05) is 7.05 Å². The molecule has 1 aliphatic rings. The maximum Gasteiger partial charge on any atom is 0.238 e. The largest absolute Gasteiger partial charge is 0.355 e. The Balaban J connectivity index is 2.29. The molecule has 1 aliphatic heterocycles. The Bertz CT molecular complexity index is 235. The van der Waals surface area contributed by atoms with Gasteiger partial charge in [-0.15, -0.1) is 0 Å². The van der Waals surface area contributed by atoms with E-state index in [-0.39, 0.29) is 17.4 Å². The Morgan fingerprint density at radius 2 is 2.19 bits per heavy atom. The molecule has 1 heterocycles. The van der Waals surface area contributed by atoms with E-state index in [1.54, 1.807) is 0 Å². The summed E-state index contributed by atoms with van der Waals surface area (Å²) in [6.07, 6.45) is 1.02. The third-order valence-electron chi connectivity index (χ3n) is 2.99. The Hall–Kier alpha value is -0.610. The number of nitrogens with zero attached hydrogens (tertiary/aromatic N) is 1. The van der Waals surface area contributed by atoms with Crippen molar-refractivity contribution >= 4 is 5.91 Å². The number of nitrogens with one attached hydrogen (secondary N) is 2. The van der Waals surface area contributed by atoms with E-state index < -0.39 is 0 Å².